The number of hydrogen-bond acceptors (Lipinski definition) is 3. The van der Waals surface area contributed by atoms with Crippen LogP contribution in [0.1, 0.15) is 49.5 Å². The van der Waals surface area contributed by atoms with Crippen molar-refractivity contribution in [1.82, 2.24) is 4.90 Å². The molecule has 24 heavy (non-hydrogen) atoms. The van der Waals surface area contributed by atoms with E-state index < -0.39 is 6.09 Å². The zero-order valence-electron chi connectivity index (χ0n) is 14.5. The van der Waals surface area contributed by atoms with Gasteiger partial charge in [0.15, 0.2) is 0 Å². The van der Waals surface area contributed by atoms with E-state index in [1.165, 1.54) is 4.90 Å². The molecule has 1 saturated heterocycles. The summed E-state index contributed by atoms with van der Waals surface area (Å²) < 4.78 is 5.76. The minimum absolute atomic E-state index is 0.100. The molecule has 3 atom stereocenters. The molecule has 1 N–H and O–H groups in total. The number of amides is 1. The van der Waals surface area contributed by atoms with Gasteiger partial charge in [-0.1, -0.05) is 39.0 Å². The largest absolute Gasteiger partial charge is 0.465 e. The number of likely N-dealkylation sites (tertiary alicyclic amines) is 1. The molecule has 1 aliphatic heterocycles. The third-order valence-electron chi connectivity index (χ3n) is 5.21. The summed E-state index contributed by atoms with van der Waals surface area (Å²) in [5.74, 6) is 0.370. The number of benzene rings is 1. The van der Waals surface area contributed by atoms with Gasteiger partial charge in [-0.05, 0) is 41.7 Å². The Hall–Kier alpha value is -2.04. The minimum Gasteiger partial charge on any atom is -0.465 e. The van der Waals surface area contributed by atoms with E-state index in [-0.39, 0.29) is 17.5 Å². The van der Waals surface area contributed by atoms with Crippen molar-refractivity contribution in [2.75, 3.05) is 13.1 Å². The van der Waals surface area contributed by atoms with E-state index in [2.05, 4.69) is 20.8 Å². The Labute approximate surface area is 142 Å². The highest BCUT2D eigenvalue weighted by atomic mass is 16.5. The lowest BCUT2D eigenvalue weighted by molar-refractivity contribution is 0.0288. The lowest BCUT2D eigenvalue weighted by Crippen LogP contribution is -2.29. The summed E-state index contributed by atoms with van der Waals surface area (Å²) in [6, 6.07) is 7.60. The molecule has 3 rings (SSSR count). The highest BCUT2D eigenvalue weighted by Gasteiger charge is 2.44. The van der Waals surface area contributed by atoms with Gasteiger partial charge < -0.3 is 14.7 Å². The van der Waals surface area contributed by atoms with Gasteiger partial charge >= 0.3 is 12.1 Å². The van der Waals surface area contributed by atoms with E-state index in [0.717, 1.165) is 18.4 Å². The van der Waals surface area contributed by atoms with Gasteiger partial charge in [-0.2, -0.15) is 0 Å². The molecule has 1 aromatic carbocycles. The van der Waals surface area contributed by atoms with Gasteiger partial charge in [0.25, 0.3) is 0 Å². The topological polar surface area (TPSA) is 66.8 Å². The molecule has 1 heterocycles. The number of ether oxygens (including phenoxy) is 1. The van der Waals surface area contributed by atoms with Crippen LogP contribution in [0.15, 0.2) is 24.3 Å². The molecule has 5 heteroatoms. The zero-order chi connectivity index (χ0) is 17.5. The van der Waals surface area contributed by atoms with Gasteiger partial charge in [0, 0.05) is 13.1 Å². The molecule has 0 radical (unpaired) electrons. The quantitative estimate of drug-likeness (QED) is 0.842. The molecule has 0 aromatic heterocycles. The zero-order valence-corrected chi connectivity index (χ0v) is 14.5. The average Bonchev–Trinajstić information content (AvgIpc) is 3.04. The van der Waals surface area contributed by atoms with E-state index in [1.54, 1.807) is 0 Å². The normalized spacial score (nSPS) is 26.3. The first-order valence-electron chi connectivity index (χ1n) is 8.54. The van der Waals surface area contributed by atoms with Crippen molar-refractivity contribution in [1.29, 1.82) is 0 Å². The highest BCUT2D eigenvalue weighted by molar-refractivity contribution is 5.91. The fourth-order valence-corrected chi connectivity index (χ4v) is 4.03. The summed E-state index contributed by atoms with van der Waals surface area (Å²) in [7, 11) is 0. The van der Waals surface area contributed by atoms with E-state index in [0.29, 0.717) is 30.5 Å². The number of carbonyl (C=O) groups excluding carboxylic acids is 1. The molecule has 1 unspecified atom stereocenters. The van der Waals surface area contributed by atoms with Crippen molar-refractivity contribution in [2.45, 2.75) is 45.1 Å². The second-order valence-corrected chi connectivity index (χ2v) is 8.00. The van der Waals surface area contributed by atoms with Crippen molar-refractivity contribution >= 4 is 12.1 Å². The third-order valence-corrected chi connectivity index (χ3v) is 5.21. The summed E-state index contributed by atoms with van der Waals surface area (Å²) in [4.78, 5) is 25.2. The summed E-state index contributed by atoms with van der Waals surface area (Å²) >= 11 is 0. The Bertz CT molecular complexity index is 635. The van der Waals surface area contributed by atoms with Crippen molar-refractivity contribution in [3.8, 4) is 0 Å². The number of fused-ring (bicyclic) bond motifs is 1. The SMILES string of the molecule is CC(C)(C)c1ccccc1C(=O)OC1C[C@@H]2CN(C(=O)O)C[C@@H]2C1. The molecule has 2 aliphatic rings. The summed E-state index contributed by atoms with van der Waals surface area (Å²) in [6.45, 7) is 7.37. The van der Waals surface area contributed by atoms with Gasteiger partial charge in [-0.3, -0.25) is 0 Å². The van der Waals surface area contributed by atoms with Crippen LogP contribution >= 0.6 is 0 Å². The highest BCUT2D eigenvalue weighted by Crippen LogP contribution is 2.40. The smallest absolute Gasteiger partial charge is 0.407 e. The van der Waals surface area contributed by atoms with E-state index >= 15 is 0 Å². The lowest BCUT2D eigenvalue weighted by Gasteiger charge is -2.23. The van der Waals surface area contributed by atoms with Crippen molar-refractivity contribution in [3.63, 3.8) is 0 Å². The van der Waals surface area contributed by atoms with Crippen molar-refractivity contribution < 1.29 is 19.4 Å². The van der Waals surface area contributed by atoms with E-state index in [4.69, 9.17) is 9.84 Å². The van der Waals surface area contributed by atoms with Gasteiger partial charge in [-0.25, -0.2) is 9.59 Å². The molecule has 0 spiro atoms. The Morgan fingerprint density at radius 3 is 2.25 bits per heavy atom. The molecule has 130 valence electrons. The monoisotopic (exact) mass is 331 g/mol. The van der Waals surface area contributed by atoms with Crippen LogP contribution in [0, 0.1) is 11.8 Å². The van der Waals surface area contributed by atoms with Crippen LogP contribution in [0.5, 0.6) is 0 Å². The third kappa shape index (κ3) is 3.25. The molecule has 1 amide bonds. The fourth-order valence-electron chi connectivity index (χ4n) is 4.03. The maximum atomic E-state index is 12.6. The van der Waals surface area contributed by atoms with Crippen LogP contribution < -0.4 is 0 Å². The summed E-state index contributed by atoms with van der Waals surface area (Å²) in [6.07, 6.45) is 0.573. The lowest BCUT2D eigenvalue weighted by atomic mass is 9.84. The number of hydrogen-bond donors (Lipinski definition) is 1. The molecule has 0 bridgehead atoms. The molecule has 2 fully saturated rings. The Morgan fingerprint density at radius 2 is 1.71 bits per heavy atom. The van der Waals surface area contributed by atoms with Crippen molar-refractivity contribution in [3.05, 3.63) is 35.4 Å². The molecule has 5 nitrogen and oxygen atoms in total. The second kappa shape index (κ2) is 6.11. The van der Waals surface area contributed by atoms with E-state index in [9.17, 15) is 9.59 Å². The molecule has 1 saturated carbocycles. The van der Waals surface area contributed by atoms with Crippen LogP contribution in [-0.4, -0.2) is 41.3 Å². The van der Waals surface area contributed by atoms with Gasteiger partial charge in [0.1, 0.15) is 6.10 Å². The Kier molecular flexibility index (Phi) is 4.28. The first kappa shape index (κ1) is 16.8. The number of rotatable bonds is 2. The Balaban J connectivity index is 1.65. The van der Waals surface area contributed by atoms with Crippen LogP contribution in [0.3, 0.4) is 0 Å². The molecule has 1 aromatic rings. The van der Waals surface area contributed by atoms with E-state index in [1.807, 2.05) is 24.3 Å². The van der Waals surface area contributed by atoms with Crippen LogP contribution in [0.4, 0.5) is 4.79 Å². The predicted octanol–water partition coefficient (Wildman–Crippen LogP) is 3.53. The summed E-state index contributed by atoms with van der Waals surface area (Å²) in [5.41, 5.74) is 1.50. The second-order valence-electron chi connectivity index (χ2n) is 8.00. The minimum atomic E-state index is -0.850. The maximum Gasteiger partial charge on any atom is 0.407 e. The molecule has 1 aliphatic carbocycles. The first-order chi connectivity index (χ1) is 11.3. The fraction of sp³-hybridized carbons (Fsp3) is 0.579. The number of carboxylic acid groups (broad SMARTS) is 1. The molecular weight excluding hydrogens is 306 g/mol. The number of nitrogens with zero attached hydrogens (tertiary/aromatic N) is 1. The number of esters is 1. The number of carbonyl (C=O) groups is 2. The van der Waals surface area contributed by atoms with Crippen LogP contribution in [-0.2, 0) is 10.2 Å². The van der Waals surface area contributed by atoms with Crippen molar-refractivity contribution in [2.24, 2.45) is 11.8 Å². The molecular formula is C19H25NO4. The van der Waals surface area contributed by atoms with Gasteiger partial charge in [0.2, 0.25) is 0 Å². The van der Waals surface area contributed by atoms with Crippen LogP contribution in [0.25, 0.3) is 0 Å². The first-order valence-corrected chi connectivity index (χ1v) is 8.54. The Morgan fingerprint density at radius 1 is 1.12 bits per heavy atom. The maximum absolute atomic E-state index is 12.6. The average molecular weight is 331 g/mol. The summed E-state index contributed by atoms with van der Waals surface area (Å²) in [5, 5.41) is 9.08. The van der Waals surface area contributed by atoms with Gasteiger partial charge in [-0.15, -0.1) is 0 Å². The predicted molar refractivity (Wildman–Crippen MR) is 90.2 cm³/mol. The standard InChI is InChI=1S/C19H25NO4/c1-19(2,3)16-7-5-4-6-15(16)17(21)24-14-8-12-10-20(18(22)23)11-13(12)9-14/h4-7,12-14H,8-11H2,1-3H3,(H,22,23)/t12-,13+,14?. The van der Waals surface area contributed by atoms with Crippen LogP contribution in [0.2, 0.25) is 0 Å². The van der Waals surface area contributed by atoms with Gasteiger partial charge in [0.05, 0.1) is 5.56 Å².